The number of nitriles is 1. The number of amides is 1. The molecule has 0 radical (unpaired) electrons. The number of hydrogen-bond donors (Lipinski definition) is 2. The second-order valence-corrected chi connectivity index (χ2v) is 7.16. The highest BCUT2D eigenvalue weighted by Gasteiger charge is 2.38. The molecule has 128 valence electrons. The Morgan fingerprint density at radius 1 is 1.25 bits per heavy atom. The van der Waals surface area contributed by atoms with Gasteiger partial charge in [-0.1, -0.05) is 24.3 Å². The maximum atomic E-state index is 12.1. The Hall–Kier alpha value is -2.04. The van der Waals surface area contributed by atoms with E-state index in [9.17, 15) is 10.1 Å². The van der Waals surface area contributed by atoms with Gasteiger partial charge in [-0.2, -0.15) is 5.26 Å². The number of carbonyl (C=O) groups excluding carboxylic acids is 1. The first-order valence-electron chi connectivity index (χ1n) is 8.03. The minimum absolute atomic E-state index is 0.354. The molecule has 1 aromatic rings. The molecule has 1 saturated heterocycles. The van der Waals surface area contributed by atoms with Gasteiger partial charge in [0.25, 0.3) is 0 Å². The molecule has 0 aliphatic carbocycles. The Bertz CT molecular complexity index is 623. The number of benzene rings is 1. The summed E-state index contributed by atoms with van der Waals surface area (Å²) in [5.41, 5.74) is 0.00970. The molecule has 7 heteroatoms. The Morgan fingerprint density at radius 2 is 1.79 bits per heavy atom. The highest BCUT2D eigenvalue weighted by Crippen LogP contribution is 2.35. The lowest BCUT2D eigenvalue weighted by atomic mass is 9.72. The van der Waals surface area contributed by atoms with Crippen LogP contribution in [0.1, 0.15) is 39.2 Å². The van der Waals surface area contributed by atoms with Gasteiger partial charge in [0.15, 0.2) is 0 Å². The molecule has 0 aromatic heterocycles. The fourth-order valence-corrected chi connectivity index (χ4v) is 2.84. The van der Waals surface area contributed by atoms with Crippen LogP contribution in [0.3, 0.4) is 0 Å². The normalized spacial score (nSPS) is 17.1. The summed E-state index contributed by atoms with van der Waals surface area (Å²) in [7, 11) is -1.52. The third kappa shape index (κ3) is 4.08. The van der Waals surface area contributed by atoms with Crippen molar-refractivity contribution in [2.45, 2.75) is 44.6 Å². The summed E-state index contributed by atoms with van der Waals surface area (Å²) in [6.45, 7) is 6.38. The van der Waals surface area contributed by atoms with Crippen molar-refractivity contribution in [2.75, 3.05) is 13.1 Å². The molecular weight excluding hydrogens is 307 g/mol. The van der Waals surface area contributed by atoms with E-state index < -0.39 is 18.1 Å². The molecule has 1 amide bonds. The molecule has 0 unspecified atom stereocenters. The average Bonchev–Trinajstić information content (AvgIpc) is 2.53. The van der Waals surface area contributed by atoms with Crippen LogP contribution in [0.2, 0.25) is 0 Å². The third-order valence-corrected chi connectivity index (χ3v) is 4.24. The van der Waals surface area contributed by atoms with E-state index in [0.29, 0.717) is 31.4 Å². The Morgan fingerprint density at radius 3 is 2.21 bits per heavy atom. The quantitative estimate of drug-likeness (QED) is 0.794. The SMILES string of the molecule is CC(C)(C)OC(=O)N1CCC(C#N)(c2ccc(B(O)O)cc2)CC1. The largest absolute Gasteiger partial charge is 0.488 e. The van der Waals surface area contributed by atoms with Crippen molar-refractivity contribution in [3.8, 4) is 6.07 Å². The molecule has 2 rings (SSSR count). The zero-order valence-electron chi connectivity index (χ0n) is 14.3. The van der Waals surface area contributed by atoms with Crippen LogP contribution < -0.4 is 5.46 Å². The lowest BCUT2D eigenvalue weighted by molar-refractivity contribution is 0.0185. The minimum atomic E-state index is -1.52. The van der Waals surface area contributed by atoms with E-state index in [1.807, 2.05) is 20.8 Å². The average molecular weight is 330 g/mol. The van der Waals surface area contributed by atoms with Gasteiger partial charge in [0, 0.05) is 13.1 Å². The van der Waals surface area contributed by atoms with Crippen LogP contribution in [0, 0.1) is 11.3 Å². The van der Waals surface area contributed by atoms with Crippen molar-refractivity contribution in [2.24, 2.45) is 0 Å². The van der Waals surface area contributed by atoms with Crippen LogP contribution in [0.4, 0.5) is 4.79 Å². The topological polar surface area (TPSA) is 93.8 Å². The summed E-state index contributed by atoms with van der Waals surface area (Å²) in [4.78, 5) is 13.8. The van der Waals surface area contributed by atoms with E-state index in [1.54, 1.807) is 29.2 Å². The second-order valence-electron chi connectivity index (χ2n) is 7.16. The van der Waals surface area contributed by atoms with E-state index in [-0.39, 0.29) is 6.09 Å². The molecular formula is C17H23BN2O4. The van der Waals surface area contributed by atoms with Gasteiger partial charge in [0.2, 0.25) is 0 Å². The number of nitrogens with zero attached hydrogens (tertiary/aromatic N) is 2. The second kappa shape index (κ2) is 6.84. The van der Waals surface area contributed by atoms with Gasteiger partial charge < -0.3 is 19.7 Å². The van der Waals surface area contributed by atoms with E-state index in [4.69, 9.17) is 14.8 Å². The van der Waals surface area contributed by atoms with Crippen molar-refractivity contribution >= 4 is 18.7 Å². The van der Waals surface area contributed by atoms with E-state index in [2.05, 4.69) is 6.07 Å². The van der Waals surface area contributed by atoms with E-state index in [1.165, 1.54) is 0 Å². The van der Waals surface area contributed by atoms with Crippen LogP contribution >= 0.6 is 0 Å². The third-order valence-electron chi connectivity index (χ3n) is 4.24. The molecule has 1 fully saturated rings. The van der Waals surface area contributed by atoms with Crippen LogP contribution in [0.25, 0.3) is 0 Å². The lowest BCUT2D eigenvalue weighted by Gasteiger charge is -2.38. The summed E-state index contributed by atoms with van der Waals surface area (Å²) in [6.07, 6.45) is 0.681. The predicted molar refractivity (Wildman–Crippen MR) is 90.6 cm³/mol. The van der Waals surface area contributed by atoms with Gasteiger partial charge in [0.05, 0.1) is 11.5 Å². The maximum absolute atomic E-state index is 12.1. The predicted octanol–water partition coefficient (Wildman–Crippen LogP) is 1.16. The molecule has 0 atom stereocenters. The summed E-state index contributed by atoms with van der Waals surface area (Å²) in [6, 6.07) is 9.11. The zero-order chi connectivity index (χ0) is 18.0. The number of likely N-dealkylation sites (tertiary alicyclic amines) is 1. The maximum Gasteiger partial charge on any atom is 0.488 e. The molecule has 1 aliphatic rings. The molecule has 2 N–H and O–H groups in total. The molecule has 1 aliphatic heterocycles. The van der Waals surface area contributed by atoms with Crippen LogP contribution in [0.15, 0.2) is 24.3 Å². The van der Waals surface area contributed by atoms with Gasteiger partial charge in [-0.3, -0.25) is 0 Å². The first kappa shape index (κ1) is 18.3. The number of ether oxygens (including phenoxy) is 1. The molecule has 0 spiro atoms. The Balaban J connectivity index is 2.09. The van der Waals surface area contributed by atoms with Gasteiger partial charge >= 0.3 is 13.2 Å². The molecule has 0 bridgehead atoms. The van der Waals surface area contributed by atoms with Crippen molar-refractivity contribution in [3.05, 3.63) is 29.8 Å². The molecule has 1 aromatic carbocycles. The number of rotatable bonds is 2. The highest BCUT2D eigenvalue weighted by molar-refractivity contribution is 6.58. The number of hydrogen-bond acceptors (Lipinski definition) is 5. The zero-order valence-corrected chi connectivity index (χ0v) is 14.3. The number of carbonyl (C=O) groups is 1. The first-order valence-corrected chi connectivity index (χ1v) is 8.03. The first-order chi connectivity index (χ1) is 11.2. The molecule has 6 nitrogen and oxygen atoms in total. The van der Waals surface area contributed by atoms with E-state index in [0.717, 1.165) is 5.56 Å². The molecule has 0 saturated carbocycles. The standard InChI is InChI=1S/C17H23BN2O4/c1-16(2,3)24-15(21)20-10-8-17(12-19,9-11-20)13-4-6-14(7-5-13)18(22)23/h4-7,22-23H,8-11H2,1-3H3. The van der Waals surface area contributed by atoms with Crippen LogP contribution in [-0.2, 0) is 10.2 Å². The van der Waals surface area contributed by atoms with Crippen molar-refractivity contribution in [3.63, 3.8) is 0 Å². The van der Waals surface area contributed by atoms with Gasteiger partial charge in [-0.15, -0.1) is 0 Å². The van der Waals surface area contributed by atoms with Crippen molar-refractivity contribution in [1.82, 2.24) is 4.90 Å². The Kier molecular flexibility index (Phi) is 5.21. The molecule has 1 heterocycles. The summed E-state index contributed by atoms with van der Waals surface area (Å²) < 4.78 is 5.38. The van der Waals surface area contributed by atoms with Crippen LogP contribution in [0.5, 0.6) is 0 Å². The van der Waals surface area contributed by atoms with Crippen molar-refractivity contribution in [1.29, 1.82) is 5.26 Å². The van der Waals surface area contributed by atoms with Crippen molar-refractivity contribution < 1.29 is 19.6 Å². The van der Waals surface area contributed by atoms with Gasteiger partial charge in [0.1, 0.15) is 5.60 Å². The monoisotopic (exact) mass is 330 g/mol. The van der Waals surface area contributed by atoms with Crippen LogP contribution in [-0.4, -0.2) is 46.9 Å². The van der Waals surface area contributed by atoms with Gasteiger partial charge in [-0.25, -0.2) is 4.79 Å². The summed E-state index contributed by atoms with van der Waals surface area (Å²) in [5, 5.41) is 28.0. The van der Waals surface area contributed by atoms with Gasteiger partial charge in [-0.05, 0) is 44.6 Å². The fraction of sp³-hybridized carbons (Fsp3) is 0.529. The van der Waals surface area contributed by atoms with E-state index >= 15 is 0 Å². The minimum Gasteiger partial charge on any atom is -0.444 e. The Labute approximate surface area is 142 Å². The smallest absolute Gasteiger partial charge is 0.444 e. The molecule has 24 heavy (non-hydrogen) atoms. The number of piperidine rings is 1. The fourth-order valence-electron chi connectivity index (χ4n) is 2.84. The lowest BCUT2D eigenvalue weighted by Crippen LogP contribution is -2.46. The summed E-state index contributed by atoms with van der Waals surface area (Å²) in [5.74, 6) is 0. The highest BCUT2D eigenvalue weighted by atomic mass is 16.6. The summed E-state index contributed by atoms with van der Waals surface area (Å²) >= 11 is 0.